The molecular formula is C11H21NO3. The quantitative estimate of drug-likeness (QED) is 0.704. The van der Waals surface area contributed by atoms with Gasteiger partial charge in [0.1, 0.15) is 5.60 Å². The fourth-order valence-corrected chi connectivity index (χ4v) is 1.62. The Bertz CT molecular complexity index is 222. The lowest BCUT2D eigenvalue weighted by atomic mass is 10.0. The van der Waals surface area contributed by atoms with Crippen LogP contribution in [0.3, 0.4) is 0 Å². The van der Waals surface area contributed by atoms with Crippen molar-refractivity contribution < 1.29 is 14.3 Å². The molecule has 0 spiro atoms. The molecule has 4 nitrogen and oxygen atoms in total. The molecule has 0 saturated carbocycles. The second-order valence-electron chi connectivity index (χ2n) is 5.07. The van der Waals surface area contributed by atoms with Crippen molar-refractivity contribution in [2.75, 3.05) is 6.61 Å². The number of esters is 1. The van der Waals surface area contributed by atoms with Crippen LogP contribution in [0.5, 0.6) is 0 Å². The average Bonchev–Trinajstić information content (AvgIpc) is 1.99. The van der Waals surface area contributed by atoms with Crippen LogP contribution < -0.4 is 5.73 Å². The van der Waals surface area contributed by atoms with E-state index in [4.69, 9.17) is 15.2 Å². The Balaban J connectivity index is 2.31. The Kier molecular flexibility index (Phi) is 4.11. The van der Waals surface area contributed by atoms with Crippen LogP contribution in [0.2, 0.25) is 0 Å². The molecule has 1 fully saturated rings. The summed E-state index contributed by atoms with van der Waals surface area (Å²) >= 11 is 0. The van der Waals surface area contributed by atoms with Gasteiger partial charge in [-0.2, -0.15) is 0 Å². The largest absolute Gasteiger partial charge is 0.460 e. The van der Waals surface area contributed by atoms with E-state index in [0.717, 1.165) is 12.8 Å². The van der Waals surface area contributed by atoms with Gasteiger partial charge in [0.15, 0.2) is 0 Å². The van der Waals surface area contributed by atoms with E-state index in [-0.39, 0.29) is 18.1 Å². The molecule has 0 radical (unpaired) electrons. The van der Waals surface area contributed by atoms with Crippen LogP contribution >= 0.6 is 0 Å². The third-order valence-electron chi connectivity index (χ3n) is 2.22. The monoisotopic (exact) mass is 215 g/mol. The van der Waals surface area contributed by atoms with E-state index in [1.54, 1.807) is 0 Å². The van der Waals surface area contributed by atoms with E-state index in [1.165, 1.54) is 0 Å². The van der Waals surface area contributed by atoms with Gasteiger partial charge >= 0.3 is 5.97 Å². The zero-order chi connectivity index (χ0) is 11.5. The number of ether oxygens (including phenoxy) is 2. The molecule has 0 aromatic rings. The molecule has 2 atom stereocenters. The van der Waals surface area contributed by atoms with Crippen molar-refractivity contribution in [1.29, 1.82) is 0 Å². The molecule has 88 valence electrons. The van der Waals surface area contributed by atoms with Gasteiger partial charge in [0.05, 0.1) is 12.5 Å². The van der Waals surface area contributed by atoms with Crippen molar-refractivity contribution in [2.24, 2.45) is 5.73 Å². The van der Waals surface area contributed by atoms with E-state index in [9.17, 15) is 4.79 Å². The van der Waals surface area contributed by atoms with Crippen molar-refractivity contribution in [3.63, 3.8) is 0 Å². The van der Waals surface area contributed by atoms with Crippen molar-refractivity contribution in [2.45, 2.75) is 57.8 Å². The van der Waals surface area contributed by atoms with Gasteiger partial charge in [-0.15, -0.1) is 0 Å². The normalized spacial score (nSPS) is 27.5. The van der Waals surface area contributed by atoms with Crippen LogP contribution in [0.4, 0.5) is 0 Å². The number of hydrogen-bond donors (Lipinski definition) is 1. The molecule has 2 N–H and O–H groups in total. The molecule has 15 heavy (non-hydrogen) atoms. The maximum Gasteiger partial charge on any atom is 0.308 e. The number of nitrogens with two attached hydrogens (primary N) is 1. The van der Waals surface area contributed by atoms with Gasteiger partial charge in [0.2, 0.25) is 0 Å². The predicted molar refractivity (Wildman–Crippen MR) is 57.4 cm³/mol. The summed E-state index contributed by atoms with van der Waals surface area (Å²) in [7, 11) is 0. The van der Waals surface area contributed by atoms with Gasteiger partial charge in [0, 0.05) is 12.6 Å². The zero-order valence-corrected chi connectivity index (χ0v) is 9.79. The molecule has 1 saturated heterocycles. The molecule has 0 amide bonds. The van der Waals surface area contributed by atoms with Gasteiger partial charge in [-0.3, -0.25) is 4.79 Å². The highest BCUT2D eigenvalue weighted by Crippen LogP contribution is 2.17. The maximum atomic E-state index is 11.5. The van der Waals surface area contributed by atoms with Gasteiger partial charge in [0.25, 0.3) is 0 Å². The summed E-state index contributed by atoms with van der Waals surface area (Å²) in [5.41, 5.74) is 5.37. The van der Waals surface area contributed by atoms with Gasteiger partial charge in [-0.1, -0.05) is 0 Å². The number of rotatable bonds is 2. The number of hydrogen-bond acceptors (Lipinski definition) is 4. The Morgan fingerprint density at radius 1 is 1.53 bits per heavy atom. The first kappa shape index (κ1) is 12.5. The Morgan fingerprint density at radius 3 is 2.73 bits per heavy atom. The molecule has 0 bridgehead atoms. The fraction of sp³-hybridized carbons (Fsp3) is 0.909. The van der Waals surface area contributed by atoms with Crippen LogP contribution in [0.15, 0.2) is 0 Å². The van der Waals surface area contributed by atoms with Crippen molar-refractivity contribution >= 4 is 5.97 Å². The molecular weight excluding hydrogens is 194 g/mol. The molecule has 0 aromatic carbocycles. The first-order valence-electron chi connectivity index (χ1n) is 5.46. The van der Waals surface area contributed by atoms with E-state index >= 15 is 0 Å². The van der Waals surface area contributed by atoms with Gasteiger partial charge in [-0.25, -0.2) is 0 Å². The highest BCUT2D eigenvalue weighted by molar-refractivity contribution is 5.70. The van der Waals surface area contributed by atoms with Crippen molar-refractivity contribution in [1.82, 2.24) is 0 Å². The topological polar surface area (TPSA) is 61.5 Å². The lowest BCUT2D eigenvalue weighted by Crippen LogP contribution is -2.37. The minimum absolute atomic E-state index is 0.0661. The van der Waals surface area contributed by atoms with E-state index in [0.29, 0.717) is 13.0 Å². The number of carbonyl (C=O) groups excluding carboxylic acids is 1. The Morgan fingerprint density at radius 2 is 2.20 bits per heavy atom. The van der Waals surface area contributed by atoms with Crippen molar-refractivity contribution in [3.05, 3.63) is 0 Å². The zero-order valence-electron chi connectivity index (χ0n) is 9.79. The molecule has 0 aliphatic carbocycles. The molecule has 1 aliphatic heterocycles. The van der Waals surface area contributed by atoms with Crippen LogP contribution in [-0.2, 0) is 14.3 Å². The summed E-state index contributed by atoms with van der Waals surface area (Å²) in [6, 6.07) is 0.159. The molecule has 4 heteroatoms. The van der Waals surface area contributed by atoms with Crippen molar-refractivity contribution in [3.8, 4) is 0 Å². The van der Waals surface area contributed by atoms with Crippen LogP contribution in [0.25, 0.3) is 0 Å². The molecule has 1 heterocycles. The minimum atomic E-state index is -0.423. The van der Waals surface area contributed by atoms with Gasteiger partial charge in [-0.05, 0) is 33.6 Å². The standard InChI is InChI=1S/C11H21NO3/c1-11(2,3)15-10(13)7-9-6-8(12)4-5-14-9/h8-9H,4-7,12H2,1-3H3. The third-order valence-corrected chi connectivity index (χ3v) is 2.22. The van der Waals surface area contributed by atoms with E-state index in [1.807, 2.05) is 20.8 Å². The van der Waals surface area contributed by atoms with Crippen LogP contribution in [0, 0.1) is 0 Å². The summed E-state index contributed by atoms with van der Waals surface area (Å²) < 4.78 is 10.7. The van der Waals surface area contributed by atoms with E-state index in [2.05, 4.69) is 0 Å². The fourth-order valence-electron chi connectivity index (χ4n) is 1.62. The third kappa shape index (κ3) is 5.14. The summed E-state index contributed by atoms with van der Waals surface area (Å²) in [5, 5.41) is 0. The highest BCUT2D eigenvalue weighted by Gasteiger charge is 2.25. The summed E-state index contributed by atoms with van der Waals surface area (Å²) in [4.78, 5) is 11.5. The second-order valence-corrected chi connectivity index (χ2v) is 5.07. The summed E-state index contributed by atoms with van der Waals surface area (Å²) in [6.07, 6.45) is 1.87. The molecule has 2 unspecified atom stereocenters. The van der Waals surface area contributed by atoms with Crippen LogP contribution in [-0.4, -0.2) is 30.3 Å². The first-order valence-corrected chi connectivity index (χ1v) is 5.46. The van der Waals surface area contributed by atoms with Crippen LogP contribution in [0.1, 0.15) is 40.0 Å². The molecule has 1 aliphatic rings. The second kappa shape index (κ2) is 4.94. The maximum absolute atomic E-state index is 11.5. The SMILES string of the molecule is CC(C)(C)OC(=O)CC1CC(N)CCO1. The summed E-state index contributed by atoms with van der Waals surface area (Å²) in [6.45, 7) is 6.23. The lowest BCUT2D eigenvalue weighted by Gasteiger charge is -2.27. The van der Waals surface area contributed by atoms with Gasteiger partial charge < -0.3 is 15.2 Å². The Hall–Kier alpha value is -0.610. The Labute approximate surface area is 91.1 Å². The highest BCUT2D eigenvalue weighted by atomic mass is 16.6. The average molecular weight is 215 g/mol. The first-order chi connectivity index (χ1) is 6.87. The molecule has 1 rings (SSSR count). The minimum Gasteiger partial charge on any atom is -0.460 e. The summed E-state index contributed by atoms with van der Waals surface area (Å²) in [5.74, 6) is -0.207. The molecule has 0 aromatic heterocycles. The van der Waals surface area contributed by atoms with E-state index < -0.39 is 5.60 Å². The predicted octanol–water partition coefficient (Wildman–Crippen LogP) is 1.22. The lowest BCUT2D eigenvalue weighted by molar-refractivity contribution is -0.158. The number of carbonyl (C=O) groups is 1. The smallest absolute Gasteiger partial charge is 0.308 e.